The first-order valence-electron chi connectivity index (χ1n) is 5.46. The number of amides is 2. The van der Waals surface area contributed by atoms with Crippen molar-refractivity contribution in [3.63, 3.8) is 0 Å². The normalized spacial score (nSPS) is 10.1. The molecule has 7 heteroatoms. The van der Waals surface area contributed by atoms with Crippen molar-refractivity contribution in [1.29, 1.82) is 0 Å². The van der Waals surface area contributed by atoms with Gasteiger partial charge in [0.2, 0.25) is 5.76 Å². The Kier molecular flexibility index (Phi) is 6.13. The van der Waals surface area contributed by atoms with Crippen molar-refractivity contribution in [2.75, 3.05) is 18.6 Å². The number of carboxylic acids is 1. The van der Waals surface area contributed by atoms with Crippen molar-refractivity contribution in [3.8, 4) is 0 Å². The molecule has 0 unspecified atom stereocenters. The third-order valence-electron chi connectivity index (χ3n) is 2.11. The van der Waals surface area contributed by atoms with Gasteiger partial charge in [-0.05, 0) is 30.6 Å². The van der Waals surface area contributed by atoms with E-state index in [9.17, 15) is 9.59 Å². The van der Waals surface area contributed by atoms with E-state index < -0.39 is 5.97 Å². The summed E-state index contributed by atoms with van der Waals surface area (Å²) >= 11 is 1.73. The lowest BCUT2D eigenvalue weighted by Gasteiger charge is -2.05. The van der Waals surface area contributed by atoms with Gasteiger partial charge in [-0.1, -0.05) is 0 Å². The van der Waals surface area contributed by atoms with Gasteiger partial charge in [-0.3, -0.25) is 0 Å². The predicted octanol–water partition coefficient (Wildman–Crippen LogP) is 1.53. The molecule has 18 heavy (non-hydrogen) atoms. The Hall–Kier alpha value is -1.63. The first kappa shape index (κ1) is 14.4. The topological polar surface area (TPSA) is 91.6 Å². The van der Waals surface area contributed by atoms with Crippen LogP contribution in [0.4, 0.5) is 4.79 Å². The molecule has 0 saturated heterocycles. The van der Waals surface area contributed by atoms with E-state index >= 15 is 0 Å². The molecule has 0 spiro atoms. The first-order valence-corrected chi connectivity index (χ1v) is 6.85. The Balaban J connectivity index is 2.23. The summed E-state index contributed by atoms with van der Waals surface area (Å²) in [5.41, 5.74) is 0. The summed E-state index contributed by atoms with van der Waals surface area (Å²) in [5.74, 6) is 0.155. The number of carbonyl (C=O) groups is 2. The number of furan rings is 1. The minimum absolute atomic E-state index is 0.132. The van der Waals surface area contributed by atoms with Crippen LogP contribution in [-0.4, -0.2) is 35.7 Å². The molecular weight excluding hydrogens is 256 g/mol. The number of nitrogens with one attached hydrogen (secondary N) is 2. The van der Waals surface area contributed by atoms with Gasteiger partial charge >= 0.3 is 12.0 Å². The van der Waals surface area contributed by atoms with Gasteiger partial charge in [0.25, 0.3) is 0 Å². The Morgan fingerprint density at radius 3 is 2.78 bits per heavy atom. The molecule has 1 aromatic rings. The highest BCUT2D eigenvalue weighted by molar-refractivity contribution is 7.98. The van der Waals surface area contributed by atoms with Crippen molar-refractivity contribution >= 4 is 23.8 Å². The fourth-order valence-corrected chi connectivity index (χ4v) is 1.67. The molecule has 2 amide bonds. The van der Waals surface area contributed by atoms with E-state index in [0.29, 0.717) is 12.3 Å². The van der Waals surface area contributed by atoms with Gasteiger partial charge in [-0.15, -0.1) is 0 Å². The zero-order valence-electron chi connectivity index (χ0n) is 10.1. The van der Waals surface area contributed by atoms with Crippen LogP contribution in [0.25, 0.3) is 0 Å². The maximum atomic E-state index is 11.3. The maximum absolute atomic E-state index is 11.3. The lowest BCUT2D eigenvalue weighted by atomic mass is 10.4. The van der Waals surface area contributed by atoms with E-state index in [1.165, 1.54) is 12.1 Å². The number of carbonyl (C=O) groups excluding carboxylic acids is 1. The van der Waals surface area contributed by atoms with E-state index in [2.05, 4.69) is 10.6 Å². The fraction of sp³-hybridized carbons (Fsp3) is 0.455. The van der Waals surface area contributed by atoms with Crippen LogP contribution in [-0.2, 0) is 6.54 Å². The zero-order chi connectivity index (χ0) is 13.4. The highest BCUT2D eigenvalue weighted by atomic mass is 32.2. The summed E-state index contributed by atoms with van der Waals surface area (Å²) in [6, 6.07) is 2.59. The Morgan fingerprint density at radius 1 is 1.39 bits per heavy atom. The van der Waals surface area contributed by atoms with Gasteiger partial charge < -0.3 is 20.2 Å². The molecule has 0 aliphatic rings. The standard InChI is InChI=1S/C11H16N2O4S/c1-18-6-2-5-12-11(16)13-7-8-3-4-9(17-8)10(14)15/h3-4H,2,5-7H2,1H3,(H,14,15)(H2,12,13,16). The van der Waals surface area contributed by atoms with Crippen LogP contribution in [0.1, 0.15) is 22.7 Å². The lowest BCUT2D eigenvalue weighted by Crippen LogP contribution is -2.35. The minimum Gasteiger partial charge on any atom is -0.475 e. The van der Waals surface area contributed by atoms with Crippen LogP contribution < -0.4 is 10.6 Å². The molecule has 1 heterocycles. The van der Waals surface area contributed by atoms with Crippen LogP contribution in [0.5, 0.6) is 0 Å². The number of aromatic carboxylic acids is 1. The molecule has 1 aromatic heterocycles. The second kappa shape index (κ2) is 7.65. The number of hydrogen-bond acceptors (Lipinski definition) is 4. The summed E-state index contributed by atoms with van der Waals surface area (Å²) in [6.45, 7) is 0.785. The number of rotatable bonds is 7. The van der Waals surface area contributed by atoms with Crippen LogP contribution in [0.2, 0.25) is 0 Å². The second-order valence-corrected chi connectivity index (χ2v) is 4.51. The van der Waals surface area contributed by atoms with E-state index in [1.807, 2.05) is 6.26 Å². The molecule has 0 aliphatic heterocycles. The van der Waals surface area contributed by atoms with Crippen molar-refractivity contribution < 1.29 is 19.1 Å². The predicted molar refractivity (Wildman–Crippen MR) is 68.9 cm³/mol. The van der Waals surface area contributed by atoms with Crippen LogP contribution >= 0.6 is 11.8 Å². The third-order valence-corrected chi connectivity index (χ3v) is 2.80. The highest BCUT2D eigenvalue weighted by Crippen LogP contribution is 2.07. The van der Waals surface area contributed by atoms with Gasteiger partial charge in [0.15, 0.2) is 0 Å². The van der Waals surface area contributed by atoms with E-state index in [-0.39, 0.29) is 18.3 Å². The van der Waals surface area contributed by atoms with Crippen LogP contribution in [0, 0.1) is 0 Å². The second-order valence-electron chi connectivity index (χ2n) is 3.53. The maximum Gasteiger partial charge on any atom is 0.371 e. The summed E-state index contributed by atoms with van der Waals surface area (Å²) < 4.78 is 4.99. The molecule has 100 valence electrons. The largest absolute Gasteiger partial charge is 0.475 e. The number of thioether (sulfide) groups is 1. The lowest BCUT2D eigenvalue weighted by molar-refractivity contribution is 0.0660. The van der Waals surface area contributed by atoms with Gasteiger partial charge in [-0.25, -0.2) is 9.59 Å². The number of carboxylic acid groups (broad SMARTS) is 1. The third kappa shape index (κ3) is 5.13. The van der Waals surface area contributed by atoms with Gasteiger partial charge in [0.05, 0.1) is 6.54 Å². The van der Waals surface area contributed by atoms with Crippen molar-refractivity contribution in [3.05, 3.63) is 23.7 Å². The molecule has 0 atom stereocenters. The SMILES string of the molecule is CSCCCNC(=O)NCc1ccc(C(=O)O)o1. The highest BCUT2D eigenvalue weighted by Gasteiger charge is 2.09. The molecule has 0 bridgehead atoms. The molecule has 0 aliphatic carbocycles. The van der Waals surface area contributed by atoms with Crippen LogP contribution in [0.3, 0.4) is 0 Å². The Bertz CT molecular complexity index is 406. The summed E-state index contributed by atoms with van der Waals surface area (Å²) in [7, 11) is 0. The summed E-state index contributed by atoms with van der Waals surface area (Å²) in [4.78, 5) is 21.9. The molecule has 0 fully saturated rings. The molecular formula is C11H16N2O4S. The van der Waals surface area contributed by atoms with Gasteiger partial charge in [0, 0.05) is 6.54 Å². The van der Waals surface area contributed by atoms with E-state index in [1.54, 1.807) is 11.8 Å². The van der Waals surface area contributed by atoms with Crippen LogP contribution in [0.15, 0.2) is 16.5 Å². The summed E-state index contributed by atoms with van der Waals surface area (Å²) in [6.07, 6.45) is 2.93. The average Bonchev–Trinajstić information content (AvgIpc) is 2.81. The fourth-order valence-electron chi connectivity index (χ4n) is 1.24. The smallest absolute Gasteiger partial charge is 0.371 e. The number of hydrogen-bond donors (Lipinski definition) is 3. The minimum atomic E-state index is -1.12. The summed E-state index contributed by atoms with van der Waals surface area (Å²) in [5, 5.41) is 13.9. The van der Waals surface area contributed by atoms with E-state index in [4.69, 9.17) is 9.52 Å². The van der Waals surface area contributed by atoms with Crippen molar-refractivity contribution in [2.24, 2.45) is 0 Å². The van der Waals surface area contributed by atoms with Crippen molar-refractivity contribution in [2.45, 2.75) is 13.0 Å². The molecule has 1 rings (SSSR count). The molecule has 0 radical (unpaired) electrons. The number of urea groups is 1. The molecule has 3 N–H and O–H groups in total. The quantitative estimate of drug-likeness (QED) is 0.655. The molecule has 6 nitrogen and oxygen atoms in total. The Morgan fingerprint density at radius 2 is 2.17 bits per heavy atom. The van der Waals surface area contributed by atoms with Crippen molar-refractivity contribution in [1.82, 2.24) is 10.6 Å². The zero-order valence-corrected chi connectivity index (χ0v) is 10.9. The monoisotopic (exact) mass is 272 g/mol. The Labute approximate surface area is 109 Å². The molecule has 0 aromatic carbocycles. The van der Waals surface area contributed by atoms with Gasteiger partial charge in [-0.2, -0.15) is 11.8 Å². The van der Waals surface area contributed by atoms with Gasteiger partial charge in [0.1, 0.15) is 5.76 Å². The molecule has 0 saturated carbocycles. The average molecular weight is 272 g/mol. The van der Waals surface area contributed by atoms with E-state index in [0.717, 1.165) is 12.2 Å². The first-order chi connectivity index (χ1) is 8.63.